The van der Waals surface area contributed by atoms with Gasteiger partial charge in [-0.15, -0.1) is 0 Å². The topological polar surface area (TPSA) is 34.1 Å². The summed E-state index contributed by atoms with van der Waals surface area (Å²) < 4.78 is 18.5. The number of hydrogen-bond acceptors (Lipinski definition) is 3. The van der Waals surface area contributed by atoms with Crippen LogP contribution in [0.2, 0.25) is 5.02 Å². The Morgan fingerprint density at radius 2 is 2.00 bits per heavy atom. The summed E-state index contributed by atoms with van der Waals surface area (Å²) in [6.07, 6.45) is 0. The van der Waals surface area contributed by atoms with E-state index in [2.05, 4.69) is 24.1 Å². The van der Waals surface area contributed by atoms with Crippen molar-refractivity contribution in [3.63, 3.8) is 0 Å². The summed E-state index contributed by atoms with van der Waals surface area (Å²) in [5.41, 5.74) is 3.20. The molecule has 3 nitrogen and oxygen atoms in total. The number of halogens is 2. The van der Waals surface area contributed by atoms with E-state index in [1.165, 1.54) is 6.07 Å². The molecule has 2 rings (SSSR count). The van der Waals surface area contributed by atoms with Crippen molar-refractivity contribution in [1.82, 2.24) is 10.3 Å². The van der Waals surface area contributed by atoms with Gasteiger partial charge < -0.3 is 10.1 Å². The molecule has 1 heterocycles. The highest BCUT2D eigenvalue weighted by atomic mass is 35.5. The van der Waals surface area contributed by atoms with E-state index in [0.717, 1.165) is 22.5 Å². The first-order valence-electron chi connectivity index (χ1n) is 7.02. The van der Waals surface area contributed by atoms with E-state index in [9.17, 15) is 4.39 Å². The second-order valence-electron chi connectivity index (χ2n) is 5.67. The number of methoxy groups -OCH3 is 1. The zero-order chi connectivity index (χ0) is 16.3. The summed E-state index contributed by atoms with van der Waals surface area (Å²) in [6, 6.07) is 8.61. The van der Waals surface area contributed by atoms with E-state index in [1.54, 1.807) is 19.2 Å². The molecule has 22 heavy (non-hydrogen) atoms. The van der Waals surface area contributed by atoms with Crippen molar-refractivity contribution in [3.8, 4) is 11.3 Å². The van der Waals surface area contributed by atoms with Gasteiger partial charge in [-0.05, 0) is 56.8 Å². The fraction of sp³-hybridized carbons (Fsp3) is 0.353. The molecular formula is C17H20ClFN2O. The number of pyridine rings is 1. The number of benzene rings is 1. The van der Waals surface area contributed by atoms with E-state index in [4.69, 9.17) is 16.3 Å². The maximum absolute atomic E-state index is 13.4. The van der Waals surface area contributed by atoms with Crippen molar-refractivity contribution in [2.75, 3.05) is 14.2 Å². The molecule has 0 radical (unpaired) electrons. The number of nitrogens with zero attached hydrogens (tertiary/aromatic N) is 1. The molecule has 0 spiro atoms. The molecular weight excluding hydrogens is 303 g/mol. The molecule has 0 saturated heterocycles. The van der Waals surface area contributed by atoms with Crippen molar-refractivity contribution in [2.24, 2.45) is 0 Å². The van der Waals surface area contributed by atoms with Gasteiger partial charge in [0.1, 0.15) is 5.82 Å². The molecule has 0 aliphatic heterocycles. The quantitative estimate of drug-likeness (QED) is 0.898. The minimum atomic E-state index is -0.436. The molecule has 118 valence electrons. The van der Waals surface area contributed by atoms with Gasteiger partial charge in [0.05, 0.1) is 23.0 Å². The standard InChI is InChI=1S/C17H20ClFN2O/c1-17(2,20-3)12-8-13(10-22-4)21-16(9-12)11-5-6-15(19)14(18)7-11/h5-9,20H,10H2,1-4H3. The molecule has 1 aromatic carbocycles. The van der Waals surface area contributed by atoms with E-state index in [0.29, 0.717) is 6.61 Å². The van der Waals surface area contributed by atoms with Crippen LogP contribution in [0.5, 0.6) is 0 Å². The highest BCUT2D eigenvalue weighted by molar-refractivity contribution is 6.31. The van der Waals surface area contributed by atoms with Crippen LogP contribution >= 0.6 is 11.6 Å². The average Bonchev–Trinajstić information content (AvgIpc) is 2.50. The van der Waals surface area contributed by atoms with Gasteiger partial charge in [-0.25, -0.2) is 4.39 Å². The van der Waals surface area contributed by atoms with Crippen molar-refractivity contribution in [2.45, 2.75) is 26.0 Å². The van der Waals surface area contributed by atoms with Gasteiger partial charge in [-0.3, -0.25) is 4.98 Å². The first-order valence-corrected chi connectivity index (χ1v) is 7.40. The molecule has 0 aliphatic rings. The van der Waals surface area contributed by atoms with Crippen LogP contribution in [-0.2, 0) is 16.9 Å². The lowest BCUT2D eigenvalue weighted by atomic mass is 9.93. The van der Waals surface area contributed by atoms with Crippen LogP contribution < -0.4 is 5.32 Å². The van der Waals surface area contributed by atoms with Crippen molar-refractivity contribution in [3.05, 3.63) is 52.4 Å². The maximum atomic E-state index is 13.4. The Labute approximate surface area is 135 Å². The molecule has 1 aromatic heterocycles. The van der Waals surface area contributed by atoms with Crippen LogP contribution in [0.3, 0.4) is 0 Å². The Kier molecular flexibility index (Phi) is 5.16. The van der Waals surface area contributed by atoms with Crippen molar-refractivity contribution < 1.29 is 9.13 Å². The second-order valence-corrected chi connectivity index (χ2v) is 6.08. The summed E-state index contributed by atoms with van der Waals surface area (Å²) in [6.45, 7) is 4.58. The fourth-order valence-electron chi connectivity index (χ4n) is 2.12. The first-order chi connectivity index (χ1) is 10.4. The summed E-state index contributed by atoms with van der Waals surface area (Å²) in [5.74, 6) is -0.436. The molecule has 0 aliphatic carbocycles. The van der Waals surface area contributed by atoms with E-state index in [1.807, 2.05) is 19.2 Å². The number of aromatic nitrogens is 1. The lowest BCUT2D eigenvalue weighted by molar-refractivity contribution is 0.181. The van der Waals surface area contributed by atoms with Gasteiger partial charge in [0.15, 0.2) is 0 Å². The monoisotopic (exact) mass is 322 g/mol. The normalized spacial score (nSPS) is 11.7. The summed E-state index contributed by atoms with van der Waals surface area (Å²) in [7, 11) is 3.54. The molecule has 0 saturated carbocycles. The highest BCUT2D eigenvalue weighted by Crippen LogP contribution is 2.28. The third kappa shape index (κ3) is 3.64. The zero-order valence-electron chi connectivity index (χ0n) is 13.2. The zero-order valence-corrected chi connectivity index (χ0v) is 14.0. The van der Waals surface area contributed by atoms with E-state index >= 15 is 0 Å². The largest absolute Gasteiger partial charge is 0.378 e. The Morgan fingerprint density at radius 3 is 2.59 bits per heavy atom. The smallest absolute Gasteiger partial charge is 0.141 e. The predicted molar refractivity (Wildman–Crippen MR) is 87.4 cm³/mol. The molecule has 0 atom stereocenters. The molecule has 1 N–H and O–H groups in total. The van der Waals surface area contributed by atoms with Crippen LogP contribution in [0.1, 0.15) is 25.1 Å². The minimum absolute atomic E-state index is 0.0888. The maximum Gasteiger partial charge on any atom is 0.141 e. The van der Waals surface area contributed by atoms with E-state index < -0.39 is 5.82 Å². The van der Waals surface area contributed by atoms with Crippen LogP contribution in [0.15, 0.2) is 30.3 Å². The predicted octanol–water partition coefficient (Wildman–Crippen LogP) is 4.14. The Hall–Kier alpha value is -1.49. The van der Waals surface area contributed by atoms with Gasteiger partial charge >= 0.3 is 0 Å². The van der Waals surface area contributed by atoms with Crippen LogP contribution in [0, 0.1) is 5.82 Å². The van der Waals surface area contributed by atoms with Gasteiger partial charge in [0, 0.05) is 18.2 Å². The SMILES string of the molecule is CNC(C)(C)c1cc(COC)nc(-c2ccc(F)c(Cl)c2)c1. The minimum Gasteiger partial charge on any atom is -0.378 e. The Bertz CT molecular complexity index is 674. The van der Waals surface area contributed by atoms with Gasteiger partial charge in [0.25, 0.3) is 0 Å². The third-order valence-corrected chi connectivity index (χ3v) is 4.02. The number of nitrogens with one attached hydrogen (secondary N) is 1. The fourth-order valence-corrected chi connectivity index (χ4v) is 2.30. The molecule has 0 fully saturated rings. The summed E-state index contributed by atoms with van der Waals surface area (Å²) in [4.78, 5) is 4.58. The summed E-state index contributed by atoms with van der Waals surface area (Å²) >= 11 is 5.88. The second kappa shape index (κ2) is 6.73. The molecule has 0 amide bonds. The Morgan fingerprint density at radius 1 is 1.27 bits per heavy atom. The van der Waals surface area contributed by atoms with Crippen molar-refractivity contribution >= 4 is 11.6 Å². The lowest BCUT2D eigenvalue weighted by Gasteiger charge is -2.25. The number of hydrogen-bond donors (Lipinski definition) is 1. The van der Waals surface area contributed by atoms with Gasteiger partial charge in [0.2, 0.25) is 0 Å². The van der Waals surface area contributed by atoms with E-state index in [-0.39, 0.29) is 10.6 Å². The molecule has 0 unspecified atom stereocenters. The number of ether oxygens (including phenoxy) is 1. The average molecular weight is 323 g/mol. The molecule has 2 aromatic rings. The van der Waals surface area contributed by atoms with Crippen LogP contribution in [-0.4, -0.2) is 19.1 Å². The highest BCUT2D eigenvalue weighted by Gasteiger charge is 2.20. The van der Waals surface area contributed by atoms with Crippen LogP contribution in [0.4, 0.5) is 4.39 Å². The van der Waals surface area contributed by atoms with Crippen LogP contribution in [0.25, 0.3) is 11.3 Å². The summed E-state index contributed by atoms with van der Waals surface area (Å²) in [5, 5.41) is 3.36. The first kappa shape index (κ1) is 16.9. The third-order valence-electron chi connectivity index (χ3n) is 3.73. The number of rotatable bonds is 5. The molecule has 5 heteroatoms. The lowest BCUT2D eigenvalue weighted by Crippen LogP contribution is -2.33. The van der Waals surface area contributed by atoms with Gasteiger partial charge in [-0.2, -0.15) is 0 Å². The van der Waals surface area contributed by atoms with Gasteiger partial charge in [-0.1, -0.05) is 11.6 Å². The Balaban J connectivity index is 2.56. The molecule has 0 bridgehead atoms. The van der Waals surface area contributed by atoms with Crippen molar-refractivity contribution in [1.29, 1.82) is 0 Å².